The minimum atomic E-state index is -0.541. The number of allylic oxidation sites excluding steroid dienone is 8. The van der Waals surface area contributed by atoms with Gasteiger partial charge in [-0.3, -0.25) is 9.59 Å². The van der Waals surface area contributed by atoms with Gasteiger partial charge >= 0.3 is 11.9 Å². The topological polar surface area (TPSA) is 61.8 Å². The van der Waals surface area contributed by atoms with Crippen LogP contribution in [0.4, 0.5) is 0 Å². The molecule has 362 valence electrons. The van der Waals surface area contributed by atoms with E-state index in [1.54, 1.807) is 0 Å². The SMILES string of the molecule is CCCCC/C=C\C/C=C\C/C=C\CCCCCCCCCOCC(COC(=O)CCCCCCC/C=C\CCCCCC)OC(=O)CCCCCCCCCCCCCCC. The Balaban J connectivity index is 4.25. The number of carbonyl (C=O) groups excluding carboxylic acids is 2. The third kappa shape index (κ3) is 50.5. The molecule has 0 aliphatic rings. The molecule has 1 atom stereocenters. The highest BCUT2D eigenvalue weighted by atomic mass is 16.6. The number of unbranched alkanes of at least 4 members (excludes halogenated alkanes) is 31. The van der Waals surface area contributed by atoms with Crippen molar-refractivity contribution in [2.45, 2.75) is 284 Å². The van der Waals surface area contributed by atoms with Crippen LogP contribution in [0.25, 0.3) is 0 Å². The molecule has 0 fully saturated rings. The quantitative estimate of drug-likeness (QED) is 0.0346. The van der Waals surface area contributed by atoms with E-state index in [2.05, 4.69) is 69.4 Å². The Morgan fingerprint density at radius 2 is 0.677 bits per heavy atom. The van der Waals surface area contributed by atoms with E-state index < -0.39 is 6.10 Å². The number of hydrogen-bond acceptors (Lipinski definition) is 5. The second-order valence-corrected chi connectivity index (χ2v) is 18.1. The molecular formula is C57H104O5. The molecule has 0 saturated heterocycles. The van der Waals surface area contributed by atoms with Crippen molar-refractivity contribution in [3.8, 4) is 0 Å². The molecule has 0 rings (SSSR count). The average molecular weight is 869 g/mol. The summed E-state index contributed by atoms with van der Waals surface area (Å²) in [5, 5.41) is 0. The van der Waals surface area contributed by atoms with Gasteiger partial charge in [-0.25, -0.2) is 0 Å². The van der Waals surface area contributed by atoms with E-state index in [1.165, 1.54) is 180 Å². The molecule has 0 aliphatic heterocycles. The number of esters is 2. The summed E-state index contributed by atoms with van der Waals surface area (Å²) in [5.74, 6) is -0.401. The predicted octanol–water partition coefficient (Wildman–Crippen LogP) is 18.3. The lowest BCUT2D eigenvalue weighted by Gasteiger charge is -2.18. The lowest BCUT2D eigenvalue weighted by atomic mass is 10.0. The molecular weight excluding hydrogens is 765 g/mol. The fourth-order valence-electron chi connectivity index (χ4n) is 7.75. The molecule has 5 heteroatoms. The molecule has 0 N–H and O–H groups in total. The second kappa shape index (κ2) is 53.2. The summed E-state index contributed by atoms with van der Waals surface area (Å²) < 4.78 is 17.4. The number of hydrogen-bond donors (Lipinski definition) is 0. The highest BCUT2D eigenvalue weighted by Gasteiger charge is 2.17. The maximum Gasteiger partial charge on any atom is 0.306 e. The van der Waals surface area contributed by atoms with Crippen LogP contribution >= 0.6 is 0 Å². The van der Waals surface area contributed by atoms with Crippen LogP contribution < -0.4 is 0 Å². The zero-order chi connectivity index (χ0) is 44.9. The normalized spacial score (nSPS) is 12.5. The first kappa shape index (κ1) is 59.9. The first-order chi connectivity index (χ1) is 30.6. The lowest BCUT2D eigenvalue weighted by molar-refractivity contribution is -0.163. The van der Waals surface area contributed by atoms with Crippen molar-refractivity contribution in [3.05, 3.63) is 48.6 Å². The van der Waals surface area contributed by atoms with Gasteiger partial charge in [0.25, 0.3) is 0 Å². The largest absolute Gasteiger partial charge is 0.462 e. The van der Waals surface area contributed by atoms with Crippen molar-refractivity contribution in [2.24, 2.45) is 0 Å². The highest BCUT2D eigenvalue weighted by Crippen LogP contribution is 2.15. The summed E-state index contributed by atoms with van der Waals surface area (Å²) in [6.07, 6.45) is 65.5. The fraction of sp³-hybridized carbons (Fsp3) is 0.825. The van der Waals surface area contributed by atoms with Crippen LogP contribution in [0, 0.1) is 0 Å². The van der Waals surface area contributed by atoms with Gasteiger partial charge in [0.2, 0.25) is 0 Å². The van der Waals surface area contributed by atoms with E-state index in [0.29, 0.717) is 19.4 Å². The Bertz CT molecular complexity index is 1030. The summed E-state index contributed by atoms with van der Waals surface area (Å²) in [4.78, 5) is 25.4. The molecule has 1 unspecified atom stereocenters. The minimum absolute atomic E-state index is 0.0801. The molecule has 0 aromatic rings. The number of ether oxygens (including phenoxy) is 3. The molecule has 0 aromatic heterocycles. The van der Waals surface area contributed by atoms with Gasteiger partial charge in [0.1, 0.15) is 6.61 Å². The van der Waals surface area contributed by atoms with Crippen LogP contribution in [0.1, 0.15) is 278 Å². The van der Waals surface area contributed by atoms with Gasteiger partial charge in [0.05, 0.1) is 6.61 Å². The Kier molecular flexibility index (Phi) is 51.4. The maximum absolute atomic E-state index is 12.8. The third-order valence-electron chi connectivity index (χ3n) is 11.8. The van der Waals surface area contributed by atoms with Crippen molar-refractivity contribution in [2.75, 3.05) is 19.8 Å². The first-order valence-electron chi connectivity index (χ1n) is 27.2. The van der Waals surface area contributed by atoms with Gasteiger partial charge in [-0.2, -0.15) is 0 Å². The van der Waals surface area contributed by atoms with E-state index in [-0.39, 0.29) is 25.2 Å². The minimum Gasteiger partial charge on any atom is -0.462 e. The Labute approximate surface area is 386 Å². The van der Waals surface area contributed by atoms with Crippen LogP contribution in [-0.2, 0) is 23.8 Å². The lowest BCUT2D eigenvalue weighted by Crippen LogP contribution is -2.30. The summed E-state index contributed by atoms with van der Waals surface area (Å²) in [5.41, 5.74) is 0. The summed E-state index contributed by atoms with van der Waals surface area (Å²) >= 11 is 0. The molecule has 0 amide bonds. The third-order valence-corrected chi connectivity index (χ3v) is 11.8. The fourth-order valence-corrected chi connectivity index (χ4v) is 7.75. The Morgan fingerprint density at radius 1 is 0.355 bits per heavy atom. The Morgan fingerprint density at radius 3 is 1.15 bits per heavy atom. The van der Waals surface area contributed by atoms with Crippen LogP contribution in [0.2, 0.25) is 0 Å². The van der Waals surface area contributed by atoms with Gasteiger partial charge in [-0.15, -0.1) is 0 Å². The second-order valence-electron chi connectivity index (χ2n) is 18.1. The average Bonchev–Trinajstić information content (AvgIpc) is 3.27. The van der Waals surface area contributed by atoms with Crippen LogP contribution in [0.5, 0.6) is 0 Å². The van der Waals surface area contributed by atoms with E-state index >= 15 is 0 Å². The molecule has 0 aliphatic carbocycles. The van der Waals surface area contributed by atoms with Crippen LogP contribution in [0.3, 0.4) is 0 Å². The molecule has 0 radical (unpaired) electrons. The molecule has 62 heavy (non-hydrogen) atoms. The van der Waals surface area contributed by atoms with E-state index in [9.17, 15) is 9.59 Å². The maximum atomic E-state index is 12.8. The number of carbonyl (C=O) groups is 2. The molecule has 5 nitrogen and oxygen atoms in total. The van der Waals surface area contributed by atoms with Gasteiger partial charge in [-0.05, 0) is 83.5 Å². The Hall–Kier alpha value is -2.14. The zero-order valence-corrected chi connectivity index (χ0v) is 41.6. The summed E-state index contributed by atoms with van der Waals surface area (Å²) in [7, 11) is 0. The standard InChI is InChI=1S/C57H104O5/c1-4-7-10-13-16-19-22-25-26-27-28-29-30-31-34-37-40-43-46-49-52-60-53-55(62-57(59)51-48-45-42-39-36-33-24-21-18-15-12-9-6-3)54-61-56(58)50-47-44-41-38-35-32-23-20-17-14-11-8-5-2/h16,19-20,23,25-26,28-29,55H,4-15,17-18,21-22,24,27,30-54H2,1-3H3/b19-16-,23-20-,26-25-,29-28-. The molecule has 0 saturated carbocycles. The van der Waals surface area contributed by atoms with Crippen molar-refractivity contribution < 1.29 is 23.8 Å². The molecule has 0 heterocycles. The van der Waals surface area contributed by atoms with Crippen molar-refractivity contribution in [3.63, 3.8) is 0 Å². The zero-order valence-electron chi connectivity index (χ0n) is 41.6. The summed E-state index contributed by atoms with van der Waals surface area (Å²) in [6, 6.07) is 0. The van der Waals surface area contributed by atoms with Crippen molar-refractivity contribution in [1.82, 2.24) is 0 Å². The molecule has 0 spiro atoms. The van der Waals surface area contributed by atoms with Gasteiger partial charge in [0, 0.05) is 19.4 Å². The van der Waals surface area contributed by atoms with E-state index in [4.69, 9.17) is 14.2 Å². The predicted molar refractivity (Wildman–Crippen MR) is 270 cm³/mol. The molecule has 0 bridgehead atoms. The van der Waals surface area contributed by atoms with Gasteiger partial charge in [0.15, 0.2) is 6.10 Å². The van der Waals surface area contributed by atoms with Gasteiger partial charge < -0.3 is 14.2 Å². The monoisotopic (exact) mass is 869 g/mol. The van der Waals surface area contributed by atoms with E-state index in [0.717, 1.165) is 64.2 Å². The smallest absolute Gasteiger partial charge is 0.306 e. The van der Waals surface area contributed by atoms with Crippen molar-refractivity contribution >= 4 is 11.9 Å². The van der Waals surface area contributed by atoms with E-state index in [1.807, 2.05) is 0 Å². The summed E-state index contributed by atoms with van der Waals surface area (Å²) in [6.45, 7) is 7.79. The van der Waals surface area contributed by atoms with Crippen LogP contribution in [0.15, 0.2) is 48.6 Å². The molecule has 0 aromatic carbocycles. The first-order valence-corrected chi connectivity index (χ1v) is 27.2. The number of rotatable bonds is 50. The van der Waals surface area contributed by atoms with Crippen molar-refractivity contribution in [1.29, 1.82) is 0 Å². The van der Waals surface area contributed by atoms with Gasteiger partial charge in [-0.1, -0.05) is 230 Å². The highest BCUT2D eigenvalue weighted by molar-refractivity contribution is 5.70. The van der Waals surface area contributed by atoms with Crippen LogP contribution in [-0.4, -0.2) is 37.9 Å².